The van der Waals surface area contributed by atoms with Crippen LogP contribution in [0.15, 0.2) is 36.1 Å². The molecule has 0 aromatic heterocycles. The van der Waals surface area contributed by atoms with Gasteiger partial charge in [-0.2, -0.15) is 0 Å². The van der Waals surface area contributed by atoms with Crippen molar-refractivity contribution in [1.29, 1.82) is 0 Å². The Labute approximate surface area is 141 Å². The van der Waals surface area contributed by atoms with Gasteiger partial charge >= 0.3 is 11.9 Å². The van der Waals surface area contributed by atoms with Crippen LogP contribution in [0.25, 0.3) is 0 Å². The quantitative estimate of drug-likeness (QED) is 0.479. The summed E-state index contributed by atoms with van der Waals surface area (Å²) < 4.78 is 9.30. The number of carbonyl (C=O) groups excluding carboxylic acids is 2. The van der Waals surface area contributed by atoms with Gasteiger partial charge in [-0.15, -0.1) is 5.06 Å². The first-order valence-corrected chi connectivity index (χ1v) is 7.62. The fourth-order valence-electron chi connectivity index (χ4n) is 3.18. The first-order chi connectivity index (χ1) is 11.2. The summed E-state index contributed by atoms with van der Waals surface area (Å²) >= 11 is 0. The monoisotopic (exact) mass is 333 g/mol. The standard InChI is InChI=1S/C18H23NO5/c1-17(2)12-9-7-8-10-13(12)18(3,4)19(17)24-14(16(21)23-6)11-15(20)22-5/h7-11H,1-6H3/b14-11+. The molecular weight excluding hydrogens is 310 g/mol. The molecule has 2 rings (SSSR count). The minimum absolute atomic E-state index is 0.224. The van der Waals surface area contributed by atoms with Crippen molar-refractivity contribution < 1.29 is 23.9 Å². The number of nitrogens with zero attached hydrogens (tertiary/aromatic N) is 1. The number of ether oxygens (including phenoxy) is 2. The fraction of sp³-hybridized carbons (Fsp3) is 0.444. The molecule has 0 unspecified atom stereocenters. The number of carbonyl (C=O) groups is 2. The van der Waals surface area contributed by atoms with Crippen molar-refractivity contribution in [2.24, 2.45) is 0 Å². The lowest BCUT2D eigenvalue weighted by molar-refractivity contribution is -0.236. The molecule has 0 bridgehead atoms. The van der Waals surface area contributed by atoms with Gasteiger partial charge in [-0.05, 0) is 38.8 Å². The van der Waals surface area contributed by atoms with Gasteiger partial charge in [0.1, 0.15) is 0 Å². The molecule has 6 nitrogen and oxygen atoms in total. The van der Waals surface area contributed by atoms with Gasteiger partial charge in [-0.1, -0.05) is 24.3 Å². The largest absolute Gasteiger partial charge is 0.466 e. The number of methoxy groups -OCH3 is 2. The van der Waals surface area contributed by atoms with Crippen LogP contribution >= 0.6 is 0 Å². The second kappa shape index (κ2) is 6.28. The summed E-state index contributed by atoms with van der Waals surface area (Å²) in [6.45, 7) is 7.97. The van der Waals surface area contributed by atoms with E-state index >= 15 is 0 Å². The molecule has 24 heavy (non-hydrogen) atoms. The van der Waals surface area contributed by atoms with Crippen LogP contribution in [-0.2, 0) is 35.0 Å². The Bertz CT molecular complexity index is 655. The fourth-order valence-corrected chi connectivity index (χ4v) is 3.18. The lowest BCUT2D eigenvalue weighted by Crippen LogP contribution is -2.45. The molecule has 1 heterocycles. The SMILES string of the molecule is COC(=O)/C=C(/ON1C(C)(C)c2ccccc2C1(C)C)C(=O)OC. The van der Waals surface area contributed by atoms with Gasteiger partial charge in [0.15, 0.2) is 0 Å². The molecule has 1 aliphatic rings. The Morgan fingerprint density at radius 2 is 1.46 bits per heavy atom. The van der Waals surface area contributed by atoms with E-state index in [-0.39, 0.29) is 5.76 Å². The van der Waals surface area contributed by atoms with Crippen LogP contribution < -0.4 is 0 Å². The van der Waals surface area contributed by atoms with E-state index in [1.54, 1.807) is 5.06 Å². The highest BCUT2D eigenvalue weighted by Gasteiger charge is 2.51. The highest BCUT2D eigenvalue weighted by atomic mass is 16.7. The summed E-state index contributed by atoms with van der Waals surface area (Å²) in [5, 5.41) is 1.70. The maximum atomic E-state index is 12.0. The maximum Gasteiger partial charge on any atom is 0.376 e. The molecule has 0 aliphatic carbocycles. The first kappa shape index (κ1) is 18.0. The number of rotatable bonds is 4. The number of benzene rings is 1. The van der Waals surface area contributed by atoms with Gasteiger partial charge < -0.3 is 14.3 Å². The Hall–Kier alpha value is -2.34. The van der Waals surface area contributed by atoms with E-state index in [1.165, 1.54) is 14.2 Å². The van der Waals surface area contributed by atoms with Gasteiger partial charge in [0.25, 0.3) is 0 Å². The van der Waals surface area contributed by atoms with Crippen molar-refractivity contribution in [3.05, 3.63) is 47.2 Å². The average molecular weight is 333 g/mol. The summed E-state index contributed by atoms with van der Waals surface area (Å²) in [7, 11) is 2.46. The summed E-state index contributed by atoms with van der Waals surface area (Å²) in [6, 6.07) is 7.99. The predicted molar refractivity (Wildman–Crippen MR) is 87.5 cm³/mol. The van der Waals surface area contributed by atoms with E-state index in [0.29, 0.717) is 0 Å². The molecule has 0 N–H and O–H groups in total. The van der Waals surface area contributed by atoms with Crippen molar-refractivity contribution >= 4 is 11.9 Å². The molecule has 1 aliphatic heterocycles. The third-order valence-electron chi connectivity index (χ3n) is 4.29. The minimum atomic E-state index is -0.747. The van der Waals surface area contributed by atoms with Crippen LogP contribution in [0.5, 0.6) is 0 Å². The Balaban J connectivity index is 2.46. The lowest BCUT2D eigenvalue weighted by Gasteiger charge is -2.39. The van der Waals surface area contributed by atoms with E-state index in [9.17, 15) is 9.59 Å². The summed E-state index contributed by atoms with van der Waals surface area (Å²) in [5.74, 6) is -1.66. The number of fused-ring (bicyclic) bond motifs is 1. The zero-order valence-electron chi connectivity index (χ0n) is 14.9. The molecule has 0 saturated heterocycles. The summed E-state index contributed by atoms with van der Waals surface area (Å²) in [6.07, 6.45) is 0.987. The van der Waals surface area contributed by atoms with Crippen LogP contribution in [0.3, 0.4) is 0 Å². The Morgan fingerprint density at radius 3 is 1.88 bits per heavy atom. The third kappa shape index (κ3) is 2.89. The van der Waals surface area contributed by atoms with Gasteiger partial charge in [0.2, 0.25) is 5.76 Å². The van der Waals surface area contributed by atoms with Crippen molar-refractivity contribution in [3.63, 3.8) is 0 Å². The van der Waals surface area contributed by atoms with Crippen molar-refractivity contribution in [2.45, 2.75) is 38.8 Å². The Kier molecular flexibility index (Phi) is 4.71. The minimum Gasteiger partial charge on any atom is -0.466 e. The lowest BCUT2D eigenvalue weighted by atomic mass is 9.91. The topological polar surface area (TPSA) is 65.1 Å². The van der Waals surface area contributed by atoms with Gasteiger partial charge in [0, 0.05) is 0 Å². The molecule has 130 valence electrons. The van der Waals surface area contributed by atoms with Crippen LogP contribution in [0, 0.1) is 0 Å². The van der Waals surface area contributed by atoms with Gasteiger partial charge in [0.05, 0.1) is 31.4 Å². The number of hydroxylamine groups is 2. The van der Waals surface area contributed by atoms with Crippen LogP contribution in [0.1, 0.15) is 38.8 Å². The molecular formula is C18H23NO5. The van der Waals surface area contributed by atoms with Gasteiger partial charge in [-0.25, -0.2) is 9.59 Å². The highest BCUT2D eigenvalue weighted by molar-refractivity contribution is 5.94. The number of hydrogen-bond acceptors (Lipinski definition) is 6. The second-order valence-electron chi connectivity index (χ2n) is 6.57. The van der Waals surface area contributed by atoms with Crippen molar-refractivity contribution in [2.75, 3.05) is 14.2 Å². The van der Waals surface area contributed by atoms with E-state index in [0.717, 1.165) is 17.2 Å². The average Bonchev–Trinajstić information content (AvgIpc) is 2.71. The van der Waals surface area contributed by atoms with Crippen LogP contribution in [-0.4, -0.2) is 31.2 Å². The van der Waals surface area contributed by atoms with E-state index in [4.69, 9.17) is 9.57 Å². The third-order valence-corrected chi connectivity index (χ3v) is 4.29. The zero-order valence-corrected chi connectivity index (χ0v) is 14.9. The smallest absolute Gasteiger partial charge is 0.376 e. The van der Waals surface area contributed by atoms with Crippen LogP contribution in [0.2, 0.25) is 0 Å². The molecule has 0 spiro atoms. The van der Waals surface area contributed by atoms with E-state index < -0.39 is 23.0 Å². The molecule has 0 saturated carbocycles. The van der Waals surface area contributed by atoms with E-state index in [2.05, 4.69) is 4.74 Å². The van der Waals surface area contributed by atoms with E-state index in [1.807, 2.05) is 52.0 Å². The molecule has 0 amide bonds. The molecule has 6 heteroatoms. The molecule has 0 atom stereocenters. The molecule has 1 aromatic rings. The first-order valence-electron chi connectivity index (χ1n) is 7.62. The van der Waals surface area contributed by atoms with Gasteiger partial charge in [-0.3, -0.25) is 0 Å². The summed E-state index contributed by atoms with van der Waals surface area (Å²) in [4.78, 5) is 29.4. The highest BCUT2D eigenvalue weighted by Crippen LogP contribution is 2.49. The number of hydrogen-bond donors (Lipinski definition) is 0. The molecule has 0 fully saturated rings. The number of esters is 2. The normalized spacial score (nSPS) is 18.7. The zero-order chi connectivity index (χ0) is 18.1. The molecule has 0 radical (unpaired) electrons. The second-order valence-corrected chi connectivity index (χ2v) is 6.57. The van der Waals surface area contributed by atoms with Crippen molar-refractivity contribution in [1.82, 2.24) is 5.06 Å². The molecule has 1 aromatic carbocycles. The maximum absolute atomic E-state index is 12.0. The predicted octanol–water partition coefficient (Wildman–Crippen LogP) is 2.63. The van der Waals surface area contributed by atoms with Crippen LogP contribution in [0.4, 0.5) is 0 Å². The Morgan fingerprint density at radius 1 is 0.958 bits per heavy atom. The van der Waals surface area contributed by atoms with Crippen molar-refractivity contribution in [3.8, 4) is 0 Å². The summed E-state index contributed by atoms with van der Waals surface area (Å²) in [5.41, 5.74) is 1.17.